The fourth-order valence-electron chi connectivity index (χ4n) is 2.36. The summed E-state index contributed by atoms with van der Waals surface area (Å²) in [5, 5.41) is 8.81. The summed E-state index contributed by atoms with van der Waals surface area (Å²) in [5.41, 5.74) is 2.52. The fraction of sp³-hybridized carbons (Fsp3) is 0.467. The minimum Gasteiger partial charge on any atom is -0.342 e. The molecule has 0 spiro atoms. The van der Waals surface area contributed by atoms with Crippen molar-refractivity contribution in [2.24, 2.45) is 5.92 Å². The molecule has 1 aliphatic heterocycles. The van der Waals surface area contributed by atoms with Crippen LogP contribution in [0.2, 0.25) is 0 Å². The lowest BCUT2D eigenvalue weighted by Gasteiger charge is -2.29. The van der Waals surface area contributed by atoms with E-state index < -0.39 is 0 Å². The van der Waals surface area contributed by atoms with E-state index in [-0.39, 0.29) is 11.8 Å². The molecule has 1 amide bonds. The fourth-order valence-corrected chi connectivity index (χ4v) is 2.36. The molecular weight excluding hydrogens is 224 g/mol. The van der Waals surface area contributed by atoms with E-state index >= 15 is 0 Å². The monoisotopic (exact) mass is 242 g/mol. The van der Waals surface area contributed by atoms with Crippen LogP contribution in [0.4, 0.5) is 0 Å². The second-order valence-corrected chi connectivity index (χ2v) is 4.94. The van der Waals surface area contributed by atoms with Gasteiger partial charge in [-0.15, -0.1) is 0 Å². The lowest BCUT2D eigenvalue weighted by Crippen LogP contribution is -2.39. The van der Waals surface area contributed by atoms with Crippen LogP contribution in [0.1, 0.15) is 24.0 Å². The molecule has 0 saturated carbocycles. The number of rotatable bonds is 3. The van der Waals surface area contributed by atoms with E-state index in [0.29, 0.717) is 6.42 Å². The van der Waals surface area contributed by atoms with Gasteiger partial charge in [-0.2, -0.15) is 5.26 Å². The highest BCUT2D eigenvalue weighted by molar-refractivity contribution is 5.77. The highest BCUT2D eigenvalue weighted by Crippen LogP contribution is 2.17. The van der Waals surface area contributed by atoms with Crippen LogP contribution in [-0.2, 0) is 11.2 Å². The number of nitriles is 1. The Morgan fingerprint density at radius 2 is 2.33 bits per heavy atom. The Labute approximate surface area is 108 Å². The van der Waals surface area contributed by atoms with Crippen molar-refractivity contribution in [3.63, 3.8) is 0 Å². The number of carbonyl (C=O) groups is 1. The minimum absolute atomic E-state index is 0.0762. The Balaban J connectivity index is 1.88. The zero-order valence-corrected chi connectivity index (χ0v) is 10.7. The largest absolute Gasteiger partial charge is 0.342 e. The molecule has 18 heavy (non-hydrogen) atoms. The van der Waals surface area contributed by atoms with E-state index in [2.05, 4.69) is 37.3 Å². The highest BCUT2D eigenvalue weighted by atomic mass is 16.2. The topological polar surface area (TPSA) is 44.1 Å². The summed E-state index contributed by atoms with van der Waals surface area (Å²) in [6, 6.07) is 10.6. The van der Waals surface area contributed by atoms with Crippen molar-refractivity contribution < 1.29 is 4.79 Å². The summed E-state index contributed by atoms with van der Waals surface area (Å²) in [5.74, 6) is 0.0492. The molecule has 0 aromatic heterocycles. The molecule has 0 bridgehead atoms. The van der Waals surface area contributed by atoms with Gasteiger partial charge in [-0.1, -0.05) is 29.8 Å². The van der Waals surface area contributed by atoms with Crippen LogP contribution in [0.25, 0.3) is 0 Å². The summed E-state index contributed by atoms with van der Waals surface area (Å²) >= 11 is 0. The first-order valence-corrected chi connectivity index (χ1v) is 6.42. The van der Waals surface area contributed by atoms with E-state index in [9.17, 15) is 4.79 Å². The van der Waals surface area contributed by atoms with Crippen molar-refractivity contribution in [3.8, 4) is 6.07 Å². The second-order valence-electron chi connectivity index (χ2n) is 4.94. The first-order chi connectivity index (χ1) is 8.69. The minimum atomic E-state index is -0.0762. The number of piperidine rings is 1. The van der Waals surface area contributed by atoms with Gasteiger partial charge in [-0.05, 0) is 25.3 Å². The predicted octanol–water partition coefficient (Wildman–Crippen LogP) is 2.30. The molecule has 0 N–H and O–H groups in total. The van der Waals surface area contributed by atoms with Gasteiger partial charge in [0, 0.05) is 19.5 Å². The number of benzene rings is 1. The van der Waals surface area contributed by atoms with Crippen molar-refractivity contribution in [3.05, 3.63) is 35.4 Å². The van der Waals surface area contributed by atoms with E-state index in [1.807, 2.05) is 4.90 Å². The average molecular weight is 242 g/mol. The van der Waals surface area contributed by atoms with Gasteiger partial charge in [0.05, 0.1) is 12.0 Å². The Morgan fingerprint density at radius 3 is 3.00 bits per heavy atom. The van der Waals surface area contributed by atoms with Crippen molar-refractivity contribution in [2.45, 2.75) is 26.2 Å². The number of aryl methyl sites for hydroxylation is 1. The lowest BCUT2D eigenvalue weighted by atomic mass is 9.97. The number of hydrogen-bond acceptors (Lipinski definition) is 2. The normalized spacial score (nSPS) is 19.7. The van der Waals surface area contributed by atoms with Crippen molar-refractivity contribution in [1.82, 2.24) is 4.90 Å². The summed E-state index contributed by atoms with van der Waals surface area (Å²) in [4.78, 5) is 13.7. The van der Waals surface area contributed by atoms with Gasteiger partial charge in [0.25, 0.3) is 0 Å². The van der Waals surface area contributed by atoms with Crippen LogP contribution in [0, 0.1) is 24.2 Å². The summed E-state index contributed by atoms with van der Waals surface area (Å²) < 4.78 is 0. The van der Waals surface area contributed by atoms with Gasteiger partial charge in [-0.25, -0.2) is 0 Å². The van der Waals surface area contributed by atoms with Crippen molar-refractivity contribution in [2.75, 3.05) is 13.1 Å². The van der Waals surface area contributed by atoms with E-state index in [1.54, 1.807) is 0 Å². The SMILES string of the molecule is Cc1cccc(CCN2CCC(C#N)CC2=O)c1. The second kappa shape index (κ2) is 5.68. The predicted molar refractivity (Wildman–Crippen MR) is 69.8 cm³/mol. The number of likely N-dealkylation sites (tertiary alicyclic amines) is 1. The maximum atomic E-state index is 11.8. The number of amides is 1. The van der Waals surface area contributed by atoms with Crippen molar-refractivity contribution in [1.29, 1.82) is 5.26 Å². The molecule has 1 heterocycles. The summed E-state index contributed by atoms with van der Waals surface area (Å²) in [6.07, 6.45) is 2.10. The quantitative estimate of drug-likeness (QED) is 0.816. The molecule has 1 aromatic rings. The zero-order chi connectivity index (χ0) is 13.0. The molecule has 3 heteroatoms. The Bertz CT molecular complexity index is 476. The maximum Gasteiger partial charge on any atom is 0.223 e. The van der Waals surface area contributed by atoms with Gasteiger partial charge < -0.3 is 4.90 Å². The van der Waals surface area contributed by atoms with Gasteiger partial charge in [-0.3, -0.25) is 4.79 Å². The standard InChI is InChI=1S/C15H18N2O/c1-12-3-2-4-13(9-12)5-7-17-8-6-14(11-16)10-15(17)18/h2-4,9,14H,5-8,10H2,1H3. The van der Waals surface area contributed by atoms with Gasteiger partial charge in [0.1, 0.15) is 0 Å². The molecule has 1 aromatic carbocycles. The van der Waals surface area contributed by atoms with Gasteiger partial charge >= 0.3 is 0 Å². The highest BCUT2D eigenvalue weighted by Gasteiger charge is 2.24. The third-order valence-corrected chi connectivity index (χ3v) is 3.46. The molecule has 2 rings (SSSR count). The molecule has 94 valence electrons. The third-order valence-electron chi connectivity index (χ3n) is 3.46. The van der Waals surface area contributed by atoms with Crippen LogP contribution < -0.4 is 0 Å². The van der Waals surface area contributed by atoms with Crippen LogP contribution in [0.5, 0.6) is 0 Å². The number of nitrogens with zero attached hydrogens (tertiary/aromatic N) is 2. The molecule has 3 nitrogen and oxygen atoms in total. The first-order valence-electron chi connectivity index (χ1n) is 6.42. The Hall–Kier alpha value is -1.82. The smallest absolute Gasteiger partial charge is 0.223 e. The maximum absolute atomic E-state index is 11.8. The van der Waals surface area contributed by atoms with Crippen molar-refractivity contribution >= 4 is 5.91 Å². The molecule has 1 aliphatic rings. The Morgan fingerprint density at radius 1 is 1.50 bits per heavy atom. The third kappa shape index (κ3) is 3.10. The van der Waals surface area contributed by atoms with Crippen LogP contribution in [0.15, 0.2) is 24.3 Å². The van der Waals surface area contributed by atoms with Crippen LogP contribution in [-0.4, -0.2) is 23.9 Å². The lowest BCUT2D eigenvalue weighted by molar-refractivity contribution is -0.134. The number of carbonyl (C=O) groups excluding carboxylic acids is 1. The van der Waals surface area contributed by atoms with E-state index in [1.165, 1.54) is 11.1 Å². The van der Waals surface area contributed by atoms with E-state index in [4.69, 9.17) is 5.26 Å². The molecule has 1 saturated heterocycles. The molecule has 0 radical (unpaired) electrons. The number of hydrogen-bond donors (Lipinski definition) is 0. The summed E-state index contributed by atoms with van der Waals surface area (Å²) in [7, 11) is 0. The first kappa shape index (κ1) is 12.6. The van der Waals surface area contributed by atoms with Crippen LogP contribution in [0.3, 0.4) is 0 Å². The summed E-state index contributed by atoms with van der Waals surface area (Å²) in [6.45, 7) is 3.57. The molecule has 1 unspecified atom stereocenters. The molecule has 1 atom stereocenters. The molecule has 1 fully saturated rings. The average Bonchev–Trinajstić information content (AvgIpc) is 2.37. The Kier molecular flexibility index (Phi) is 3.99. The zero-order valence-electron chi connectivity index (χ0n) is 10.7. The van der Waals surface area contributed by atoms with Gasteiger partial charge in [0.15, 0.2) is 0 Å². The molecule has 0 aliphatic carbocycles. The molecular formula is C15H18N2O. The van der Waals surface area contributed by atoms with E-state index in [0.717, 1.165) is 25.9 Å². The van der Waals surface area contributed by atoms with Gasteiger partial charge in [0.2, 0.25) is 5.91 Å². The van der Waals surface area contributed by atoms with Crippen LogP contribution >= 0.6 is 0 Å².